The summed E-state index contributed by atoms with van der Waals surface area (Å²) in [5.74, 6) is -0.243. The van der Waals surface area contributed by atoms with Gasteiger partial charge >= 0.3 is 0 Å². The Labute approximate surface area is 115 Å². The van der Waals surface area contributed by atoms with Crippen molar-refractivity contribution in [2.45, 2.75) is 0 Å². The second-order valence-electron chi connectivity index (χ2n) is 4.82. The Hall–Kier alpha value is -2.61. The number of furan rings is 1. The molecular weight excluding hydrogens is 251 g/mol. The number of halogens is 1. The Morgan fingerprint density at radius 2 is 1.50 bits per heavy atom. The van der Waals surface area contributed by atoms with Crippen molar-refractivity contribution in [1.82, 2.24) is 0 Å². The minimum Gasteiger partial charge on any atom is -0.456 e. The first kappa shape index (κ1) is 11.2. The molecule has 4 aromatic rings. The van der Waals surface area contributed by atoms with Gasteiger partial charge in [0.1, 0.15) is 17.0 Å². The van der Waals surface area contributed by atoms with E-state index < -0.39 is 0 Å². The van der Waals surface area contributed by atoms with Crippen LogP contribution in [-0.2, 0) is 0 Å². The zero-order valence-electron chi connectivity index (χ0n) is 10.6. The van der Waals surface area contributed by atoms with Gasteiger partial charge in [-0.2, -0.15) is 0 Å². The quantitative estimate of drug-likeness (QED) is 0.448. The molecule has 0 atom stereocenters. The molecule has 0 aliphatic heterocycles. The first-order valence-corrected chi connectivity index (χ1v) is 6.48. The van der Waals surface area contributed by atoms with E-state index in [1.807, 2.05) is 36.4 Å². The SMILES string of the molecule is Fc1ccc2oc3cc(-c4ccccc4)ccc3c2c1. The van der Waals surface area contributed by atoms with Crippen molar-refractivity contribution in [3.63, 3.8) is 0 Å². The topological polar surface area (TPSA) is 13.1 Å². The molecule has 0 saturated carbocycles. The van der Waals surface area contributed by atoms with Gasteiger partial charge in [-0.05, 0) is 41.5 Å². The summed E-state index contributed by atoms with van der Waals surface area (Å²) in [7, 11) is 0. The molecule has 1 aromatic heterocycles. The molecule has 0 aliphatic rings. The van der Waals surface area contributed by atoms with Crippen molar-refractivity contribution in [3.05, 3.63) is 72.5 Å². The van der Waals surface area contributed by atoms with E-state index in [1.54, 1.807) is 6.07 Å². The van der Waals surface area contributed by atoms with Crippen LogP contribution in [-0.4, -0.2) is 0 Å². The number of fused-ring (bicyclic) bond motifs is 3. The average molecular weight is 262 g/mol. The largest absolute Gasteiger partial charge is 0.456 e. The minimum atomic E-state index is -0.243. The highest BCUT2D eigenvalue weighted by Crippen LogP contribution is 2.32. The highest BCUT2D eigenvalue weighted by molar-refractivity contribution is 6.05. The third-order valence-electron chi connectivity index (χ3n) is 3.54. The first-order valence-electron chi connectivity index (χ1n) is 6.48. The van der Waals surface area contributed by atoms with E-state index in [4.69, 9.17) is 4.42 Å². The molecule has 0 amide bonds. The number of benzene rings is 3. The van der Waals surface area contributed by atoms with Crippen LogP contribution >= 0.6 is 0 Å². The van der Waals surface area contributed by atoms with E-state index in [2.05, 4.69) is 12.1 Å². The van der Waals surface area contributed by atoms with Crippen LogP contribution in [0.2, 0.25) is 0 Å². The van der Waals surface area contributed by atoms with E-state index in [9.17, 15) is 4.39 Å². The summed E-state index contributed by atoms with van der Waals surface area (Å²) in [6.45, 7) is 0. The van der Waals surface area contributed by atoms with Gasteiger partial charge in [0, 0.05) is 10.8 Å². The molecule has 1 nitrogen and oxygen atoms in total. The molecule has 0 radical (unpaired) electrons. The number of rotatable bonds is 1. The fraction of sp³-hybridized carbons (Fsp3) is 0. The third kappa shape index (κ3) is 1.69. The van der Waals surface area contributed by atoms with E-state index in [0.717, 1.165) is 27.5 Å². The minimum absolute atomic E-state index is 0.243. The summed E-state index contributed by atoms with van der Waals surface area (Å²) in [5, 5.41) is 1.76. The van der Waals surface area contributed by atoms with Gasteiger partial charge in [0.15, 0.2) is 0 Å². The standard InChI is InChI=1S/C18H11FO/c19-14-7-9-17-16(11-14)15-8-6-13(10-18(15)20-17)12-4-2-1-3-5-12/h1-11H. The highest BCUT2D eigenvalue weighted by Gasteiger charge is 2.09. The van der Waals surface area contributed by atoms with E-state index >= 15 is 0 Å². The lowest BCUT2D eigenvalue weighted by Crippen LogP contribution is -1.76. The second kappa shape index (κ2) is 4.20. The van der Waals surface area contributed by atoms with Crippen LogP contribution < -0.4 is 0 Å². The van der Waals surface area contributed by atoms with Crippen molar-refractivity contribution in [1.29, 1.82) is 0 Å². The van der Waals surface area contributed by atoms with Gasteiger partial charge in [-0.3, -0.25) is 0 Å². The van der Waals surface area contributed by atoms with Crippen molar-refractivity contribution in [3.8, 4) is 11.1 Å². The predicted molar refractivity (Wildman–Crippen MR) is 79.1 cm³/mol. The molecule has 96 valence electrons. The molecule has 0 spiro atoms. The molecule has 4 rings (SSSR count). The fourth-order valence-electron chi connectivity index (χ4n) is 2.56. The highest BCUT2D eigenvalue weighted by atomic mass is 19.1. The summed E-state index contributed by atoms with van der Waals surface area (Å²) < 4.78 is 19.1. The maximum absolute atomic E-state index is 13.3. The van der Waals surface area contributed by atoms with Crippen LogP contribution in [0.4, 0.5) is 4.39 Å². The van der Waals surface area contributed by atoms with Crippen LogP contribution in [0.15, 0.2) is 71.1 Å². The fourth-order valence-corrected chi connectivity index (χ4v) is 2.56. The summed E-state index contributed by atoms with van der Waals surface area (Å²) >= 11 is 0. The van der Waals surface area contributed by atoms with Gasteiger partial charge in [-0.25, -0.2) is 4.39 Å². The molecule has 20 heavy (non-hydrogen) atoms. The number of hydrogen-bond donors (Lipinski definition) is 0. The summed E-state index contributed by atoms with van der Waals surface area (Å²) in [5.41, 5.74) is 3.73. The monoisotopic (exact) mass is 262 g/mol. The van der Waals surface area contributed by atoms with Crippen LogP contribution in [0.5, 0.6) is 0 Å². The van der Waals surface area contributed by atoms with Crippen LogP contribution in [0.1, 0.15) is 0 Å². The number of hydrogen-bond acceptors (Lipinski definition) is 1. The van der Waals surface area contributed by atoms with Crippen LogP contribution in [0, 0.1) is 5.82 Å². The Kier molecular flexibility index (Phi) is 2.36. The van der Waals surface area contributed by atoms with E-state index in [-0.39, 0.29) is 5.82 Å². The van der Waals surface area contributed by atoms with Gasteiger partial charge in [-0.1, -0.05) is 36.4 Å². The molecule has 0 saturated heterocycles. The second-order valence-corrected chi connectivity index (χ2v) is 4.82. The molecule has 0 N–H and O–H groups in total. The molecule has 0 fully saturated rings. The molecule has 0 bridgehead atoms. The lowest BCUT2D eigenvalue weighted by molar-refractivity contribution is 0.626. The van der Waals surface area contributed by atoms with E-state index in [0.29, 0.717) is 5.58 Å². The Morgan fingerprint density at radius 1 is 0.650 bits per heavy atom. The van der Waals surface area contributed by atoms with Crippen LogP contribution in [0.3, 0.4) is 0 Å². The van der Waals surface area contributed by atoms with Crippen molar-refractivity contribution in [2.75, 3.05) is 0 Å². The zero-order valence-corrected chi connectivity index (χ0v) is 10.6. The lowest BCUT2D eigenvalue weighted by atomic mass is 10.0. The molecule has 3 aromatic carbocycles. The smallest absolute Gasteiger partial charge is 0.136 e. The van der Waals surface area contributed by atoms with E-state index in [1.165, 1.54) is 12.1 Å². The van der Waals surface area contributed by atoms with Gasteiger partial charge in [-0.15, -0.1) is 0 Å². The molecule has 1 heterocycles. The van der Waals surface area contributed by atoms with Gasteiger partial charge in [0.25, 0.3) is 0 Å². The summed E-state index contributed by atoms with van der Waals surface area (Å²) in [6, 6.07) is 20.8. The molecule has 0 aliphatic carbocycles. The predicted octanol–water partition coefficient (Wildman–Crippen LogP) is 5.39. The van der Waals surface area contributed by atoms with Gasteiger partial charge in [0.2, 0.25) is 0 Å². The average Bonchev–Trinajstić information content (AvgIpc) is 2.85. The molecular formula is C18H11FO. The summed E-state index contributed by atoms with van der Waals surface area (Å²) in [4.78, 5) is 0. The molecule has 2 heteroatoms. The molecule has 0 unspecified atom stereocenters. The van der Waals surface area contributed by atoms with Crippen molar-refractivity contribution >= 4 is 21.9 Å². The lowest BCUT2D eigenvalue weighted by Gasteiger charge is -2.00. The Bertz CT molecular complexity index is 907. The van der Waals surface area contributed by atoms with Gasteiger partial charge < -0.3 is 4.42 Å². The normalized spacial score (nSPS) is 11.2. The van der Waals surface area contributed by atoms with Gasteiger partial charge in [0.05, 0.1) is 0 Å². The first-order chi connectivity index (χ1) is 9.81. The van der Waals surface area contributed by atoms with Crippen molar-refractivity contribution < 1.29 is 8.81 Å². The zero-order chi connectivity index (χ0) is 13.5. The maximum atomic E-state index is 13.3. The van der Waals surface area contributed by atoms with Crippen LogP contribution in [0.25, 0.3) is 33.1 Å². The van der Waals surface area contributed by atoms with Crippen molar-refractivity contribution in [2.24, 2.45) is 0 Å². The Balaban J connectivity index is 1.98. The summed E-state index contributed by atoms with van der Waals surface area (Å²) in [6.07, 6.45) is 0. The maximum Gasteiger partial charge on any atom is 0.136 e. The third-order valence-corrected chi connectivity index (χ3v) is 3.54. The Morgan fingerprint density at radius 3 is 2.35 bits per heavy atom.